The Morgan fingerprint density at radius 1 is 1.03 bits per heavy atom. The second-order valence-electron chi connectivity index (χ2n) is 6.15. The Bertz CT molecular complexity index is 1130. The zero-order valence-corrected chi connectivity index (χ0v) is 16.1. The van der Waals surface area contributed by atoms with E-state index in [4.69, 9.17) is 25.4 Å². The predicted molar refractivity (Wildman–Crippen MR) is 107 cm³/mol. The smallest absolute Gasteiger partial charge is 0.290 e. The molecule has 0 bridgehead atoms. The highest BCUT2D eigenvalue weighted by molar-refractivity contribution is 6.33. The number of nitrogens with one attached hydrogen (secondary N) is 1. The largest absolute Gasteiger partial charge is 0.497 e. The van der Waals surface area contributed by atoms with Gasteiger partial charge in [-0.2, -0.15) is 0 Å². The maximum Gasteiger partial charge on any atom is 0.290 e. The van der Waals surface area contributed by atoms with Gasteiger partial charge in [-0.3, -0.25) is 4.79 Å². The van der Waals surface area contributed by atoms with Crippen molar-refractivity contribution >= 4 is 17.5 Å². The fraction of sp³-hybridized carbons (Fsp3) is 0.0952. The standard InChI is InChI=1S/C21H16ClN3O4/c1-27-14-8-6-13(7-9-14)18-10-15(28-24-18)12-23-21(26)20-11-19(25-29-20)16-4-2-3-5-17(16)22/h2-11H,12H2,1H3,(H,23,26). The van der Waals surface area contributed by atoms with Gasteiger partial charge in [0.2, 0.25) is 5.76 Å². The van der Waals surface area contributed by atoms with Gasteiger partial charge in [-0.05, 0) is 30.3 Å². The summed E-state index contributed by atoms with van der Waals surface area (Å²) in [5.74, 6) is 0.927. The minimum Gasteiger partial charge on any atom is -0.497 e. The number of methoxy groups -OCH3 is 1. The Hall–Kier alpha value is -3.58. The summed E-state index contributed by atoms with van der Waals surface area (Å²) in [5, 5.41) is 11.2. The molecule has 0 saturated heterocycles. The summed E-state index contributed by atoms with van der Waals surface area (Å²) >= 11 is 6.15. The van der Waals surface area contributed by atoms with Crippen LogP contribution >= 0.6 is 11.6 Å². The number of carbonyl (C=O) groups is 1. The predicted octanol–water partition coefficient (Wildman–Crippen LogP) is 4.59. The van der Waals surface area contributed by atoms with Gasteiger partial charge in [-0.1, -0.05) is 40.1 Å². The Kier molecular flexibility index (Phi) is 5.31. The summed E-state index contributed by atoms with van der Waals surface area (Å²) in [4.78, 5) is 12.3. The number of amides is 1. The van der Waals surface area contributed by atoms with Crippen LogP contribution in [0.4, 0.5) is 0 Å². The first kappa shape index (κ1) is 18.8. The first-order chi connectivity index (χ1) is 14.1. The van der Waals surface area contributed by atoms with Crippen LogP contribution in [-0.4, -0.2) is 23.3 Å². The average Bonchev–Trinajstić information content (AvgIpc) is 3.42. The van der Waals surface area contributed by atoms with Crippen LogP contribution in [0.1, 0.15) is 16.3 Å². The number of benzene rings is 2. The average molecular weight is 410 g/mol. The van der Waals surface area contributed by atoms with Gasteiger partial charge >= 0.3 is 0 Å². The van der Waals surface area contributed by atoms with Crippen molar-refractivity contribution in [3.05, 3.63) is 77.2 Å². The van der Waals surface area contributed by atoms with Crippen molar-refractivity contribution < 1.29 is 18.6 Å². The van der Waals surface area contributed by atoms with E-state index in [1.165, 1.54) is 0 Å². The fourth-order valence-corrected chi connectivity index (χ4v) is 2.96. The highest BCUT2D eigenvalue weighted by Gasteiger charge is 2.16. The summed E-state index contributed by atoms with van der Waals surface area (Å²) in [5.41, 5.74) is 2.72. The number of rotatable bonds is 6. The quantitative estimate of drug-likeness (QED) is 0.501. The van der Waals surface area contributed by atoms with Crippen LogP contribution in [0.5, 0.6) is 5.75 Å². The second-order valence-corrected chi connectivity index (χ2v) is 6.55. The molecule has 0 aliphatic heterocycles. The van der Waals surface area contributed by atoms with Gasteiger partial charge in [0.1, 0.15) is 17.1 Å². The SMILES string of the molecule is COc1ccc(-c2cc(CNC(=O)c3cc(-c4ccccc4Cl)no3)on2)cc1. The molecule has 4 rings (SSSR count). The number of ether oxygens (including phenoxy) is 1. The molecule has 4 aromatic rings. The first-order valence-corrected chi connectivity index (χ1v) is 9.11. The van der Waals surface area contributed by atoms with Crippen molar-refractivity contribution in [2.75, 3.05) is 7.11 Å². The van der Waals surface area contributed by atoms with Crippen LogP contribution < -0.4 is 10.1 Å². The van der Waals surface area contributed by atoms with Gasteiger partial charge in [-0.15, -0.1) is 0 Å². The molecular formula is C21H16ClN3O4. The maximum absolute atomic E-state index is 12.3. The lowest BCUT2D eigenvalue weighted by Crippen LogP contribution is -2.21. The van der Waals surface area contributed by atoms with E-state index in [0.717, 1.165) is 11.3 Å². The Labute approximate surface area is 171 Å². The first-order valence-electron chi connectivity index (χ1n) is 8.74. The van der Waals surface area contributed by atoms with Crippen molar-refractivity contribution in [3.8, 4) is 28.3 Å². The third-order valence-corrected chi connectivity index (χ3v) is 4.58. The molecule has 8 heteroatoms. The van der Waals surface area contributed by atoms with Crippen molar-refractivity contribution in [1.82, 2.24) is 15.6 Å². The zero-order valence-electron chi connectivity index (χ0n) is 15.4. The van der Waals surface area contributed by atoms with Gasteiger partial charge in [0.15, 0.2) is 5.76 Å². The Morgan fingerprint density at radius 3 is 2.55 bits per heavy atom. The second kappa shape index (κ2) is 8.20. The number of hydrogen-bond donors (Lipinski definition) is 1. The van der Waals surface area contributed by atoms with E-state index in [0.29, 0.717) is 27.7 Å². The molecule has 146 valence electrons. The van der Waals surface area contributed by atoms with E-state index in [2.05, 4.69) is 15.6 Å². The molecule has 7 nitrogen and oxygen atoms in total. The van der Waals surface area contributed by atoms with Gasteiger partial charge in [0.25, 0.3) is 5.91 Å². The van der Waals surface area contributed by atoms with E-state index in [1.807, 2.05) is 36.4 Å². The molecule has 0 aliphatic carbocycles. The van der Waals surface area contributed by atoms with Crippen LogP contribution in [-0.2, 0) is 6.54 Å². The number of halogens is 1. The summed E-state index contributed by atoms with van der Waals surface area (Å²) in [6, 6.07) is 17.9. The summed E-state index contributed by atoms with van der Waals surface area (Å²) in [6.07, 6.45) is 0. The number of nitrogens with zero attached hydrogens (tertiary/aromatic N) is 2. The van der Waals surface area contributed by atoms with Crippen molar-refractivity contribution in [2.45, 2.75) is 6.54 Å². The molecule has 0 fully saturated rings. The molecule has 0 unspecified atom stereocenters. The van der Waals surface area contributed by atoms with Gasteiger partial charge < -0.3 is 19.1 Å². The van der Waals surface area contributed by atoms with E-state index in [9.17, 15) is 4.79 Å². The lowest BCUT2D eigenvalue weighted by atomic mass is 10.1. The van der Waals surface area contributed by atoms with Crippen molar-refractivity contribution in [2.24, 2.45) is 0 Å². The number of carbonyl (C=O) groups excluding carboxylic acids is 1. The Balaban J connectivity index is 1.40. The molecular weight excluding hydrogens is 394 g/mol. The fourth-order valence-electron chi connectivity index (χ4n) is 2.73. The van der Waals surface area contributed by atoms with Crippen molar-refractivity contribution in [1.29, 1.82) is 0 Å². The topological polar surface area (TPSA) is 90.4 Å². The maximum atomic E-state index is 12.3. The third kappa shape index (κ3) is 4.14. The van der Waals surface area contributed by atoms with Crippen LogP contribution in [0.3, 0.4) is 0 Å². The van der Waals surface area contributed by atoms with E-state index in [1.54, 1.807) is 31.4 Å². The normalized spacial score (nSPS) is 10.7. The number of aromatic nitrogens is 2. The van der Waals surface area contributed by atoms with Gasteiger partial charge in [0.05, 0.1) is 18.7 Å². The molecule has 29 heavy (non-hydrogen) atoms. The van der Waals surface area contributed by atoms with Gasteiger partial charge in [-0.25, -0.2) is 0 Å². The molecule has 2 aromatic carbocycles. The minimum atomic E-state index is -0.418. The van der Waals surface area contributed by atoms with Crippen LogP contribution in [0.2, 0.25) is 5.02 Å². The minimum absolute atomic E-state index is 0.0785. The van der Waals surface area contributed by atoms with Crippen LogP contribution in [0.25, 0.3) is 22.5 Å². The highest BCUT2D eigenvalue weighted by atomic mass is 35.5. The molecule has 2 heterocycles. The lowest BCUT2D eigenvalue weighted by molar-refractivity contribution is 0.0910. The summed E-state index contributed by atoms with van der Waals surface area (Å²) in [6.45, 7) is 0.157. The molecule has 1 amide bonds. The van der Waals surface area contributed by atoms with E-state index < -0.39 is 5.91 Å². The van der Waals surface area contributed by atoms with Gasteiger partial charge in [0, 0.05) is 23.3 Å². The zero-order chi connectivity index (χ0) is 20.2. The van der Waals surface area contributed by atoms with E-state index >= 15 is 0 Å². The van der Waals surface area contributed by atoms with Crippen LogP contribution in [0.15, 0.2) is 69.7 Å². The molecule has 0 radical (unpaired) electrons. The van der Waals surface area contributed by atoms with E-state index in [-0.39, 0.29) is 12.3 Å². The molecule has 2 aromatic heterocycles. The molecule has 1 N–H and O–H groups in total. The van der Waals surface area contributed by atoms with Crippen molar-refractivity contribution in [3.63, 3.8) is 0 Å². The summed E-state index contributed by atoms with van der Waals surface area (Å²) < 4.78 is 15.6. The molecule has 0 aliphatic rings. The Morgan fingerprint density at radius 2 is 1.79 bits per heavy atom. The third-order valence-electron chi connectivity index (χ3n) is 4.25. The number of hydrogen-bond acceptors (Lipinski definition) is 6. The highest BCUT2D eigenvalue weighted by Crippen LogP contribution is 2.27. The molecule has 0 atom stereocenters. The molecule has 0 spiro atoms. The molecule has 0 saturated carbocycles. The summed E-state index contributed by atoms with van der Waals surface area (Å²) in [7, 11) is 1.61. The van der Waals surface area contributed by atoms with Crippen LogP contribution in [0, 0.1) is 0 Å². The lowest BCUT2D eigenvalue weighted by Gasteiger charge is -1.99. The monoisotopic (exact) mass is 409 g/mol.